The van der Waals surface area contributed by atoms with E-state index in [-0.39, 0.29) is 10.0 Å². The highest BCUT2D eigenvalue weighted by atomic mass is 35.5. The lowest BCUT2D eigenvalue weighted by Gasteiger charge is -2.31. The number of nitrogens with zero attached hydrogens (tertiary/aromatic N) is 4. The molecule has 1 amide bonds. The van der Waals surface area contributed by atoms with E-state index in [0.717, 1.165) is 5.56 Å². The summed E-state index contributed by atoms with van der Waals surface area (Å²) >= 11 is 6.47. The summed E-state index contributed by atoms with van der Waals surface area (Å²) in [6.45, 7) is 4.50. The van der Waals surface area contributed by atoms with Crippen molar-refractivity contribution in [3.05, 3.63) is 76.6 Å². The molecule has 1 N–H and O–H groups in total. The summed E-state index contributed by atoms with van der Waals surface area (Å²) in [5, 5.41) is 7.45. The maximum Gasteiger partial charge on any atom is 0.260 e. The number of rotatable bonds is 6. The lowest BCUT2D eigenvalue weighted by molar-refractivity contribution is 0.102. The van der Waals surface area contributed by atoms with Gasteiger partial charge in [0.25, 0.3) is 5.91 Å². The van der Waals surface area contributed by atoms with Crippen LogP contribution in [-0.4, -0.2) is 66.5 Å². The molecule has 8 nitrogen and oxygen atoms in total. The molecule has 3 aromatic rings. The number of likely N-dealkylation sites (N-methyl/N-ethyl adjacent to an activating group) is 1. The van der Waals surface area contributed by atoms with E-state index in [2.05, 4.69) is 15.3 Å². The van der Waals surface area contributed by atoms with E-state index in [4.69, 9.17) is 11.6 Å². The van der Waals surface area contributed by atoms with Crippen LogP contribution in [0.3, 0.4) is 0 Å². The van der Waals surface area contributed by atoms with Crippen molar-refractivity contribution in [3.63, 3.8) is 0 Å². The molecule has 4 rings (SSSR count). The van der Waals surface area contributed by atoms with Gasteiger partial charge in [0.2, 0.25) is 10.0 Å². The van der Waals surface area contributed by atoms with Gasteiger partial charge in [-0.15, -0.1) is 0 Å². The Labute approximate surface area is 198 Å². The van der Waals surface area contributed by atoms with Gasteiger partial charge in [-0.2, -0.15) is 9.40 Å². The van der Waals surface area contributed by atoms with Crippen LogP contribution in [0.25, 0.3) is 0 Å². The molecular weight excluding hydrogens is 462 g/mol. The Morgan fingerprint density at radius 2 is 1.67 bits per heavy atom. The minimum absolute atomic E-state index is 0.204. The van der Waals surface area contributed by atoms with Gasteiger partial charge in [-0.3, -0.25) is 4.79 Å². The third kappa shape index (κ3) is 5.11. The zero-order valence-electron chi connectivity index (χ0n) is 18.5. The number of anilines is 1. The number of aromatic nitrogens is 2. The van der Waals surface area contributed by atoms with Gasteiger partial charge in [0.1, 0.15) is 5.15 Å². The Kier molecular flexibility index (Phi) is 6.85. The Hall–Kier alpha value is -2.72. The van der Waals surface area contributed by atoms with Crippen molar-refractivity contribution in [2.75, 3.05) is 38.5 Å². The molecular formula is C23H26ClN5O3S. The van der Waals surface area contributed by atoms with E-state index < -0.39 is 15.9 Å². The number of halogens is 1. The number of hydrogen-bond donors (Lipinski definition) is 1. The van der Waals surface area contributed by atoms with Crippen molar-refractivity contribution in [2.24, 2.45) is 0 Å². The average Bonchev–Trinajstić information content (AvgIpc) is 3.08. The number of nitrogens with one attached hydrogen (secondary N) is 1. The third-order valence-corrected chi connectivity index (χ3v) is 7.98. The lowest BCUT2D eigenvalue weighted by Crippen LogP contribution is -2.46. The van der Waals surface area contributed by atoms with Gasteiger partial charge < -0.3 is 10.2 Å². The quantitative estimate of drug-likeness (QED) is 0.577. The smallest absolute Gasteiger partial charge is 0.260 e. The minimum atomic E-state index is -3.56. The second-order valence-electron chi connectivity index (χ2n) is 8.08. The molecule has 0 radical (unpaired) electrons. The van der Waals surface area contributed by atoms with Crippen molar-refractivity contribution in [1.82, 2.24) is 19.0 Å². The van der Waals surface area contributed by atoms with Crippen molar-refractivity contribution in [3.8, 4) is 0 Å². The molecule has 1 aromatic heterocycles. The molecule has 0 saturated carbocycles. The predicted octanol–water partition coefficient (Wildman–Crippen LogP) is 3.08. The Balaban J connectivity index is 1.47. The Morgan fingerprint density at radius 3 is 2.30 bits per heavy atom. The largest absolute Gasteiger partial charge is 0.322 e. The zero-order chi connectivity index (χ0) is 23.6. The topological polar surface area (TPSA) is 87.5 Å². The molecule has 33 heavy (non-hydrogen) atoms. The monoisotopic (exact) mass is 487 g/mol. The molecule has 0 spiro atoms. The fourth-order valence-electron chi connectivity index (χ4n) is 3.75. The molecule has 0 unspecified atom stereocenters. The summed E-state index contributed by atoms with van der Waals surface area (Å²) in [5.41, 5.74) is 2.30. The van der Waals surface area contributed by atoms with E-state index in [9.17, 15) is 13.2 Å². The molecule has 0 bridgehead atoms. The number of hydrogen-bond acceptors (Lipinski definition) is 5. The SMILES string of the molecule is Cc1nn(Cc2ccccc2)c(Cl)c1C(=O)Nc1ccc(S(=O)(=O)N2CCN(C)CC2)cc1. The molecule has 0 aliphatic carbocycles. The summed E-state index contributed by atoms with van der Waals surface area (Å²) in [7, 11) is -1.59. The molecule has 1 saturated heterocycles. The zero-order valence-corrected chi connectivity index (χ0v) is 20.1. The van der Waals surface area contributed by atoms with Crippen LogP contribution in [0.5, 0.6) is 0 Å². The molecule has 174 valence electrons. The summed E-state index contributed by atoms with van der Waals surface area (Å²) < 4.78 is 28.8. The number of benzene rings is 2. The number of carbonyl (C=O) groups excluding carboxylic acids is 1. The van der Waals surface area contributed by atoms with E-state index in [1.165, 1.54) is 16.4 Å². The fourth-order valence-corrected chi connectivity index (χ4v) is 5.50. The molecule has 2 aromatic carbocycles. The third-order valence-electron chi connectivity index (χ3n) is 5.68. The van der Waals surface area contributed by atoms with Crippen LogP contribution in [0.15, 0.2) is 59.5 Å². The maximum atomic E-state index is 12.9. The first-order chi connectivity index (χ1) is 15.8. The van der Waals surface area contributed by atoms with E-state index in [1.54, 1.807) is 23.7 Å². The number of amides is 1. The molecule has 1 aliphatic rings. The first kappa shape index (κ1) is 23.4. The predicted molar refractivity (Wildman–Crippen MR) is 128 cm³/mol. The van der Waals surface area contributed by atoms with Gasteiger partial charge in [0.15, 0.2) is 0 Å². The minimum Gasteiger partial charge on any atom is -0.322 e. The molecule has 0 atom stereocenters. The van der Waals surface area contributed by atoms with Gasteiger partial charge in [0, 0.05) is 31.9 Å². The van der Waals surface area contributed by atoms with Gasteiger partial charge in [-0.25, -0.2) is 13.1 Å². The van der Waals surface area contributed by atoms with Crippen molar-refractivity contribution in [1.29, 1.82) is 0 Å². The summed E-state index contributed by atoms with van der Waals surface area (Å²) in [6.07, 6.45) is 0. The van der Waals surface area contributed by atoms with Crippen LogP contribution in [0.4, 0.5) is 5.69 Å². The van der Waals surface area contributed by atoms with Crippen LogP contribution in [0.2, 0.25) is 5.15 Å². The van der Waals surface area contributed by atoms with Crippen LogP contribution >= 0.6 is 11.6 Å². The van der Waals surface area contributed by atoms with Gasteiger partial charge in [-0.1, -0.05) is 41.9 Å². The van der Waals surface area contributed by atoms with Gasteiger partial charge in [0.05, 0.1) is 22.7 Å². The van der Waals surface area contributed by atoms with Crippen molar-refractivity contribution >= 4 is 33.2 Å². The first-order valence-electron chi connectivity index (χ1n) is 10.6. The van der Waals surface area contributed by atoms with Crippen LogP contribution in [-0.2, 0) is 16.6 Å². The highest BCUT2D eigenvalue weighted by molar-refractivity contribution is 7.89. The average molecular weight is 488 g/mol. The maximum absolute atomic E-state index is 12.9. The van der Waals surface area contributed by atoms with Crippen LogP contribution in [0, 0.1) is 6.92 Å². The molecule has 2 heterocycles. The number of piperazine rings is 1. The summed E-state index contributed by atoms with van der Waals surface area (Å²) in [6, 6.07) is 15.9. The van der Waals surface area contributed by atoms with Gasteiger partial charge in [-0.05, 0) is 43.8 Å². The Morgan fingerprint density at radius 1 is 1.03 bits per heavy atom. The standard InChI is InChI=1S/C23H26ClN5O3S/c1-17-21(22(24)29(26-17)16-18-6-4-3-5-7-18)23(30)25-19-8-10-20(11-9-19)33(31,32)28-14-12-27(2)13-15-28/h3-11H,12-16H2,1-2H3,(H,25,30). The second kappa shape index (κ2) is 9.64. The number of carbonyl (C=O) groups is 1. The summed E-state index contributed by atoms with van der Waals surface area (Å²) in [5.74, 6) is -0.397. The molecule has 10 heteroatoms. The highest BCUT2D eigenvalue weighted by Gasteiger charge is 2.27. The van der Waals surface area contributed by atoms with E-state index in [0.29, 0.717) is 49.7 Å². The Bertz CT molecular complexity index is 1240. The second-order valence-corrected chi connectivity index (χ2v) is 10.4. The van der Waals surface area contributed by atoms with E-state index >= 15 is 0 Å². The van der Waals surface area contributed by atoms with Crippen LogP contribution in [0.1, 0.15) is 21.6 Å². The number of aryl methyl sites for hydroxylation is 1. The normalized spacial score (nSPS) is 15.5. The molecule has 1 fully saturated rings. The van der Waals surface area contributed by atoms with Crippen LogP contribution < -0.4 is 5.32 Å². The number of sulfonamides is 1. The first-order valence-corrected chi connectivity index (χ1v) is 12.4. The van der Waals surface area contributed by atoms with Gasteiger partial charge >= 0.3 is 0 Å². The fraction of sp³-hybridized carbons (Fsp3) is 0.304. The summed E-state index contributed by atoms with van der Waals surface area (Å²) in [4.78, 5) is 15.2. The highest BCUT2D eigenvalue weighted by Crippen LogP contribution is 2.24. The van der Waals surface area contributed by atoms with Crippen molar-refractivity contribution in [2.45, 2.75) is 18.4 Å². The van der Waals surface area contributed by atoms with Crippen molar-refractivity contribution < 1.29 is 13.2 Å². The lowest BCUT2D eigenvalue weighted by atomic mass is 10.2. The van der Waals surface area contributed by atoms with E-state index in [1.807, 2.05) is 37.4 Å². The molecule has 1 aliphatic heterocycles.